The number of hydrogen-bond acceptors (Lipinski definition) is 10. The van der Waals surface area contributed by atoms with Crippen molar-refractivity contribution in [3.05, 3.63) is 0 Å². The fourth-order valence-corrected chi connectivity index (χ4v) is 12.4. The number of fused-ring (bicyclic) bond motifs is 9. The molecule has 0 radical (unpaired) electrons. The molecule has 8 fully saturated rings. The highest BCUT2D eigenvalue weighted by molar-refractivity contribution is 7.87. The molecule has 11 nitrogen and oxygen atoms in total. The molecule has 0 aromatic rings. The molecule has 7 aliphatic carbocycles. The third kappa shape index (κ3) is 8.37. The first kappa shape index (κ1) is 40.3. The van der Waals surface area contributed by atoms with E-state index in [1.54, 1.807) is 0 Å². The standard InChI is InChI=1S/C40H60F2O11S/c1-25-13-27-7-9-30(10-8-27)32(15-25)33(43)49-21-37(24-52-35(44)38-11-3-5-28(18-38)14-26(2)17-38)22-50-34(51-23-37)31-16-29-6-4-12-39(19-29,20-31)53-36(45)40(41,42)54(46,47)48/h25-32,34H,3-24H2,1-2H3,(H,46,47,48). The molecule has 0 amide bonds. The van der Waals surface area contributed by atoms with E-state index in [0.29, 0.717) is 42.9 Å². The molecule has 8 atom stereocenters. The molecule has 6 bridgehead atoms. The van der Waals surface area contributed by atoms with Crippen LogP contribution < -0.4 is 0 Å². The quantitative estimate of drug-likeness (QED) is 0.135. The second-order valence-electron chi connectivity index (χ2n) is 19.2. The van der Waals surface area contributed by atoms with Crippen LogP contribution in [0.3, 0.4) is 0 Å². The molecule has 8 aliphatic rings. The van der Waals surface area contributed by atoms with Gasteiger partial charge in [0.25, 0.3) is 0 Å². The monoisotopic (exact) mass is 786 g/mol. The van der Waals surface area contributed by atoms with Crippen LogP contribution in [0, 0.1) is 58.2 Å². The Morgan fingerprint density at radius 1 is 0.759 bits per heavy atom. The summed E-state index contributed by atoms with van der Waals surface area (Å²) in [6.45, 7) is 4.46. The van der Waals surface area contributed by atoms with Gasteiger partial charge in [0.05, 0.1) is 30.0 Å². The smallest absolute Gasteiger partial charge is 0.465 e. The molecule has 1 saturated heterocycles. The predicted molar refractivity (Wildman–Crippen MR) is 190 cm³/mol. The molecule has 1 aliphatic heterocycles. The molecule has 1 heterocycles. The second-order valence-corrected chi connectivity index (χ2v) is 20.6. The summed E-state index contributed by atoms with van der Waals surface area (Å²) in [5.41, 5.74) is -2.83. The molecule has 306 valence electrons. The number of carbonyl (C=O) groups excluding carboxylic acids is 3. The summed E-state index contributed by atoms with van der Waals surface area (Å²) in [4.78, 5) is 40.3. The Balaban J connectivity index is 1.05. The number of ether oxygens (including phenoxy) is 5. The van der Waals surface area contributed by atoms with Crippen LogP contribution in [-0.2, 0) is 48.2 Å². The first-order valence-corrected chi connectivity index (χ1v) is 22.1. The van der Waals surface area contributed by atoms with Crippen LogP contribution >= 0.6 is 0 Å². The Bertz CT molecular complexity index is 1500. The molecule has 0 spiro atoms. The van der Waals surface area contributed by atoms with Crippen LogP contribution in [0.4, 0.5) is 8.78 Å². The highest BCUT2D eigenvalue weighted by atomic mass is 32.2. The Labute approximate surface area is 318 Å². The summed E-state index contributed by atoms with van der Waals surface area (Å²) in [5.74, 6) is -0.844. The Kier molecular flexibility index (Phi) is 11.5. The van der Waals surface area contributed by atoms with E-state index >= 15 is 0 Å². The zero-order valence-corrected chi connectivity index (χ0v) is 32.8. The zero-order valence-electron chi connectivity index (χ0n) is 31.9. The SMILES string of the molecule is CC1CC2CCC(CC2)C(C(=O)OCC2(COC(=O)C34CCCC(CC(C)C3)C4)COC(C3CC4CCCC(OC(=O)C(F)(F)S(=O)(=O)O)(C4)C3)OC2)C1. The van der Waals surface area contributed by atoms with Gasteiger partial charge >= 0.3 is 33.3 Å². The molecule has 0 aromatic carbocycles. The molecule has 0 aromatic heterocycles. The molecular formula is C40H60F2O11S. The summed E-state index contributed by atoms with van der Waals surface area (Å²) in [6, 6.07) is 0. The summed E-state index contributed by atoms with van der Waals surface area (Å²) in [5, 5.41) is -5.09. The normalized spacial score (nSPS) is 42.6. The van der Waals surface area contributed by atoms with Crippen molar-refractivity contribution < 1.29 is 59.8 Å². The lowest BCUT2D eigenvalue weighted by Gasteiger charge is -2.50. The maximum atomic E-state index is 14.3. The van der Waals surface area contributed by atoms with Crippen molar-refractivity contribution in [3.8, 4) is 0 Å². The minimum atomic E-state index is -6.01. The van der Waals surface area contributed by atoms with Crippen LogP contribution in [-0.4, -0.2) is 74.5 Å². The van der Waals surface area contributed by atoms with Gasteiger partial charge < -0.3 is 23.7 Å². The minimum absolute atomic E-state index is 0.00291. The molecule has 54 heavy (non-hydrogen) atoms. The van der Waals surface area contributed by atoms with E-state index in [9.17, 15) is 31.6 Å². The van der Waals surface area contributed by atoms with E-state index in [2.05, 4.69) is 13.8 Å². The van der Waals surface area contributed by atoms with Gasteiger partial charge in [-0.15, -0.1) is 0 Å². The minimum Gasteiger partial charge on any atom is -0.465 e. The zero-order chi connectivity index (χ0) is 38.5. The summed E-state index contributed by atoms with van der Waals surface area (Å²) in [6.07, 6.45) is 13.9. The van der Waals surface area contributed by atoms with Crippen molar-refractivity contribution in [1.82, 2.24) is 0 Å². The maximum absolute atomic E-state index is 14.3. The van der Waals surface area contributed by atoms with Gasteiger partial charge in [0.2, 0.25) is 0 Å². The Hall–Kier alpha value is -1.90. The number of halogens is 2. The molecular weight excluding hydrogens is 726 g/mol. The van der Waals surface area contributed by atoms with Crippen molar-refractivity contribution >= 4 is 28.0 Å². The van der Waals surface area contributed by atoms with Gasteiger partial charge in [0.1, 0.15) is 18.8 Å². The lowest BCUT2D eigenvalue weighted by Crippen LogP contribution is -2.55. The molecule has 8 unspecified atom stereocenters. The lowest BCUT2D eigenvalue weighted by molar-refractivity contribution is -0.279. The average Bonchev–Trinajstić information content (AvgIpc) is 3.10. The number of rotatable bonds is 10. The lowest BCUT2D eigenvalue weighted by atomic mass is 9.59. The fourth-order valence-electron chi connectivity index (χ4n) is 12.2. The van der Waals surface area contributed by atoms with Gasteiger partial charge in [-0.3, -0.25) is 14.1 Å². The molecule has 1 N–H and O–H groups in total. The van der Waals surface area contributed by atoms with Gasteiger partial charge in [0.15, 0.2) is 6.29 Å². The second kappa shape index (κ2) is 15.5. The van der Waals surface area contributed by atoms with Crippen LogP contribution in [0.2, 0.25) is 0 Å². The predicted octanol–water partition coefficient (Wildman–Crippen LogP) is 7.25. The van der Waals surface area contributed by atoms with E-state index in [4.69, 9.17) is 28.2 Å². The van der Waals surface area contributed by atoms with Crippen LogP contribution in [0.15, 0.2) is 0 Å². The van der Waals surface area contributed by atoms with Gasteiger partial charge in [0, 0.05) is 5.92 Å². The fraction of sp³-hybridized carbons (Fsp3) is 0.925. The topological polar surface area (TPSA) is 152 Å². The first-order chi connectivity index (χ1) is 25.5. The van der Waals surface area contributed by atoms with Gasteiger partial charge in [-0.05, 0) is 119 Å². The van der Waals surface area contributed by atoms with Crippen molar-refractivity contribution in [2.75, 3.05) is 26.4 Å². The van der Waals surface area contributed by atoms with Crippen LogP contribution in [0.5, 0.6) is 0 Å². The van der Waals surface area contributed by atoms with E-state index in [1.807, 2.05) is 0 Å². The van der Waals surface area contributed by atoms with Crippen molar-refractivity contribution in [2.24, 2.45) is 58.2 Å². The average molecular weight is 787 g/mol. The van der Waals surface area contributed by atoms with Crippen molar-refractivity contribution in [2.45, 2.75) is 147 Å². The largest absolute Gasteiger partial charge is 0.465 e. The molecule has 14 heteroatoms. The number of carbonyl (C=O) groups is 3. The Morgan fingerprint density at radius 3 is 2.11 bits per heavy atom. The van der Waals surface area contributed by atoms with Gasteiger partial charge in [-0.2, -0.15) is 17.2 Å². The number of alkyl halides is 2. The van der Waals surface area contributed by atoms with Crippen molar-refractivity contribution in [1.29, 1.82) is 0 Å². The van der Waals surface area contributed by atoms with E-state index < -0.39 is 44.1 Å². The molecule has 7 saturated carbocycles. The maximum Gasteiger partial charge on any atom is 0.465 e. The highest BCUT2D eigenvalue weighted by Crippen LogP contribution is 2.53. The number of hydrogen-bond donors (Lipinski definition) is 1. The third-order valence-electron chi connectivity index (χ3n) is 14.6. The summed E-state index contributed by atoms with van der Waals surface area (Å²) >= 11 is 0. The van der Waals surface area contributed by atoms with Gasteiger partial charge in [-0.1, -0.05) is 46.0 Å². The van der Waals surface area contributed by atoms with E-state index in [-0.39, 0.29) is 69.0 Å². The third-order valence-corrected chi connectivity index (χ3v) is 15.4. The molecule has 8 rings (SSSR count). The first-order valence-electron chi connectivity index (χ1n) is 20.6. The van der Waals surface area contributed by atoms with Crippen LogP contribution in [0.25, 0.3) is 0 Å². The Morgan fingerprint density at radius 2 is 1.41 bits per heavy atom. The van der Waals surface area contributed by atoms with E-state index in [1.165, 1.54) is 0 Å². The highest BCUT2D eigenvalue weighted by Gasteiger charge is 2.59. The van der Waals surface area contributed by atoms with E-state index in [0.717, 1.165) is 89.4 Å². The van der Waals surface area contributed by atoms with Crippen LogP contribution in [0.1, 0.15) is 129 Å². The van der Waals surface area contributed by atoms with Gasteiger partial charge in [-0.25, -0.2) is 4.79 Å². The summed E-state index contributed by atoms with van der Waals surface area (Å²) < 4.78 is 90.6. The van der Waals surface area contributed by atoms with Crippen molar-refractivity contribution in [3.63, 3.8) is 0 Å². The summed E-state index contributed by atoms with van der Waals surface area (Å²) in [7, 11) is -6.01. The number of esters is 3.